The van der Waals surface area contributed by atoms with Gasteiger partial charge < -0.3 is 15.4 Å². The second-order valence-corrected chi connectivity index (χ2v) is 7.88. The van der Waals surface area contributed by atoms with Crippen molar-refractivity contribution >= 4 is 5.69 Å². The number of pyridine rings is 1. The molecule has 3 aromatic rings. The molecule has 0 bridgehead atoms. The largest absolute Gasteiger partial charge is 0.497 e. The van der Waals surface area contributed by atoms with Crippen molar-refractivity contribution in [3.8, 4) is 17.0 Å². The molecule has 0 fully saturated rings. The van der Waals surface area contributed by atoms with E-state index in [4.69, 9.17) is 15.6 Å². The van der Waals surface area contributed by atoms with E-state index in [1.807, 2.05) is 18.3 Å². The van der Waals surface area contributed by atoms with Gasteiger partial charge in [-0.25, -0.2) is 0 Å². The third kappa shape index (κ3) is 4.33. The zero-order valence-corrected chi connectivity index (χ0v) is 18.0. The van der Waals surface area contributed by atoms with Crippen LogP contribution in [0, 0.1) is 6.92 Å². The quantitative estimate of drug-likeness (QED) is 0.575. The average Bonchev–Trinajstić information content (AvgIpc) is 3.12. The Morgan fingerprint density at radius 3 is 2.70 bits per heavy atom. The molecule has 2 aromatic heterocycles. The molecule has 0 aliphatic carbocycles. The van der Waals surface area contributed by atoms with Gasteiger partial charge in [0.15, 0.2) is 0 Å². The molecule has 4 rings (SSSR count). The predicted molar refractivity (Wildman–Crippen MR) is 121 cm³/mol. The summed E-state index contributed by atoms with van der Waals surface area (Å²) >= 11 is 0. The highest BCUT2D eigenvalue weighted by Crippen LogP contribution is 2.29. The highest BCUT2D eigenvalue weighted by atomic mass is 16.5. The molecule has 0 radical (unpaired) electrons. The lowest BCUT2D eigenvalue weighted by Gasteiger charge is -2.30. The van der Waals surface area contributed by atoms with Gasteiger partial charge >= 0.3 is 0 Å². The molecule has 30 heavy (non-hydrogen) atoms. The first-order valence-electron chi connectivity index (χ1n) is 10.8. The van der Waals surface area contributed by atoms with Crippen molar-refractivity contribution < 1.29 is 4.74 Å². The fourth-order valence-electron chi connectivity index (χ4n) is 4.19. The number of rotatable bonds is 8. The Bertz CT molecular complexity index is 980. The highest BCUT2D eigenvalue weighted by Gasteiger charge is 2.23. The number of aryl methyl sites for hydroxylation is 2. The lowest BCUT2D eigenvalue weighted by atomic mass is 10.0. The van der Waals surface area contributed by atoms with E-state index in [1.165, 1.54) is 23.4 Å². The lowest BCUT2D eigenvalue weighted by Crippen LogP contribution is -2.31. The molecular weight excluding hydrogens is 374 g/mol. The number of anilines is 1. The minimum absolute atomic E-state index is 0.773. The maximum atomic E-state index is 5.62. The molecule has 1 aliphatic rings. The molecule has 0 atom stereocenters. The minimum atomic E-state index is 0.773. The first-order chi connectivity index (χ1) is 14.7. The van der Waals surface area contributed by atoms with E-state index in [0.29, 0.717) is 0 Å². The maximum Gasteiger partial charge on any atom is 0.118 e. The van der Waals surface area contributed by atoms with Gasteiger partial charge in [-0.2, -0.15) is 5.10 Å². The van der Waals surface area contributed by atoms with Gasteiger partial charge in [-0.05, 0) is 62.7 Å². The van der Waals surface area contributed by atoms with Crippen LogP contribution in [0.5, 0.6) is 5.75 Å². The van der Waals surface area contributed by atoms with Crippen LogP contribution in [0.1, 0.15) is 36.2 Å². The molecular formula is C24H31N5O. The fraction of sp³-hybridized carbons (Fsp3) is 0.417. The van der Waals surface area contributed by atoms with Gasteiger partial charge in [0.25, 0.3) is 0 Å². The fourth-order valence-corrected chi connectivity index (χ4v) is 4.19. The Morgan fingerprint density at radius 2 is 1.93 bits per heavy atom. The van der Waals surface area contributed by atoms with Crippen LogP contribution in [0.3, 0.4) is 0 Å². The first kappa shape index (κ1) is 20.4. The van der Waals surface area contributed by atoms with Crippen LogP contribution in [0.4, 0.5) is 5.69 Å². The molecule has 6 heteroatoms. The van der Waals surface area contributed by atoms with E-state index < -0.39 is 0 Å². The summed E-state index contributed by atoms with van der Waals surface area (Å²) in [6, 6.07) is 12.3. The standard InChI is InChI=1S/C24H31N5O/c1-18-22-17-28(15-11-24(22)29(27-18)14-5-3-4-12-25)20-10-13-26-23(16-20)19-6-8-21(30-2)9-7-19/h6-10,13,16H,3-5,11-12,14-15,17,25H2,1-2H3. The van der Waals surface area contributed by atoms with Gasteiger partial charge in [0.05, 0.1) is 18.5 Å². The molecule has 158 valence electrons. The number of nitrogens with two attached hydrogens (primary N) is 1. The molecule has 0 amide bonds. The minimum Gasteiger partial charge on any atom is -0.497 e. The van der Waals surface area contributed by atoms with Gasteiger partial charge in [-0.1, -0.05) is 6.42 Å². The summed E-state index contributed by atoms with van der Waals surface area (Å²) in [6.45, 7) is 5.79. The third-order valence-electron chi connectivity index (χ3n) is 5.90. The van der Waals surface area contributed by atoms with Crippen LogP contribution in [0.2, 0.25) is 0 Å². The molecule has 6 nitrogen and oxygen atoms in total. The average molecular weight is 406 g/mol. The summed E-state index contributed by atoms with van der Waals surface area (Å²) in [7, 11) is 1.68. The van der Waals surface area contributed by atoms with Crippen molar-refractivity contribution in [3.63, 3.8) is 0 Å². The Labute approximate surface area is 178 Å². The second-order valence-electron chi connectivity index (χ2n) is 7.88. The summed E-state index contributed by atoms with van der Waals surface area (Å²) in [4.78, 5) is 7.02. The number of aromatic nitrogens is 3. The number of methoxy groups -OCH3 is 1. The van der Waals surface area contributed by atoms with Crippen LogP contribution in [-0.4, -0.2) is 35.0 Å². The molecule has 3 heterocycles. The van der Waals surface area contributed by atoms with E-state index in [2.05, 4.69) is 45.8 Å². The van der Waals surface area contributed by atoms with E-state index in [9.17, 15) is 0 Å². The number of hydrogen-bond donors (Lipinski definition) is 1. The number of fused-ring (bicyclic) bond motifs is 1. The number of ether oxygens (including phenoxy) is 1. The van der Waals surface area contributed by atoms with Crippen LogP contribution < -0.4 is 15.4 Å². The molecule has 0 saturated carbocycles. The maximum absolute atomic E-state index is 5.62. The first-order valence-corrected chi connectivity index (χ1v) is 10.8. The van der Waals surface area contributed by atoms with Gasteiger partial charge in [0.1, 0.15) is 5.75 Å². The van der Waals surface area contributed by atoms with Gasteiger partial charge in [-0.3, -0.25) is 9.67 Å². The van der Waals surface area contributed by atoms with Crippen molar-refractivity contribution in [2.75, 3.05) is 25.1 Å². The number of unbranched alkanes of at least 4 members (excludes halogenated alkanes) is 2. The van der Waals surface area contributed by atoms with Crippen molar-refractivity contribution in [1.29, 1.82) is 0 Å². The number of hydrogen-bond acceptors (Lipinski definition) is 5. The molecule has 0 spiro atoms. The Balaban J connectivity index is 1.50. The Morgan fingerprint density at radius 1 is 1.10 bits per heavy atom. The third-order valence-corrected chi connectivity index (χ3v) is 5.90. The monoisotopic (exact) mass is 405 g/mol. The number of nitrogens with zero attached hydrogens (tertiary/aromatic N) is 4. The topological polar surface area (TPSA) is 69.2 Å². The van der Waals surface area contributed by atoms with Crippen molar-refractivity contribution in [3.05, 3.63) is 59.5 Å². The van der Waals surface area contributed by atoms with Gasteiger partial charge in [0.2, 0.25) is 0 Å². The zero-order chi connectivity index (χ0) is 20.9. The van der Waals surface area contributed by atoms with Crippen molar-refractivity contribution in [2.45, 2.75) is 45.7 Å². The molecule has 0 unspecified atom stereocenters. The van der Waals surface area contributed by atoms with Crippen molar-refractivity contribution in [2.24, 2.45) is 5.73 Å². The lowest BCUT2D eigenvalue weighted by molar-refractivity contribution is 0.415. The molecule has 1 aromatic carbocycles. The predicted octanol–water partition coefficient (Wildman–Crippen LogP) is 3.95. The SMILES string of the molecule is COc1ccc(-c2cc(N3CCc4c(c(C)nn4CCCCCN)C3)ccn2)cc1. The highest BCUT2D eigenvalue weighted by molar-refractivity contribution is 5.65. The van der Waals surface area contributed by atoms with Gasteiger partial charge in [0, 0.05) is 54.8 Å². The summed E-state index contributed by atoms with van der Waals surface area (Å²) in [5.74, 6) is 0.856. The van der Waals surface area contributed by atoms with Crippen LogP contribution >= 0.6 is 0 Å². The van der Waals surface area contributed by atoms with E-state index >= 15 is 0 Å². The molecule has 1 aliphatic heterocycles. The van der Waals surface area contributed by atoms with Crippen LogP contribution in [-0.2, 0) is 19.5 Å². The van der Waals surface area contributed by atoms with Gasteiger partial charge in [-0.15, -0.1) is 0 Å². The van der Waals surface area contributed by atoms with E-state index in [0.717, 1.165) is 68.1 Å². The Kier molecular flexibility index (Phi) is 6.33. The molecule has 0 saturated heterocycles. The molecule has 2 N–H and O–H groups in total. The zero-order valence-electron chi connectivity index (χ0n) is 18.0. The summed E-state index contributed by atoms with van der Waals surface area (Å²) < 4.78 is 7.49. The Hall–Kier alpha value is -2.86. The normalized spacial score (nSPS) is 13.4. The van der Waals surface area contributed by atoms with Crippen molar-refractivity contribution in [1.82, 2.24) is 14.8 Å². The number of benzene rings is 1. The van der Waals surface area contributed by atoms with Crippen LogP contribution in [0.15, 0.2) is 42.6 Å². The smallest absolute Gasteiger partial charge is 0.118 e. The van der Waals surface area contributed by atoms with E-state index in [-0.39, 0.29) is 0 Å². The van der Waals surface area contributed by atoms with Crippen LogP contribution in [0.25, 0.3) is 11.3 Å². The van der Waals surface area contributed by atoms with E-state index in [1.54, 1.807) is 7.11 Å². The summed E-state index contributed by atoms with van der Waals surface area (Å²) in [5, 5.41) is 4.83. The summed E-state index contributed by atoms with van der Waals surface area (Å²) in [6.07, 6.45) is 6.33. The summed E-state index contributed by atoms with van der Waals surface area (Å²) in [5.41, 5.74) is 12.8. The second kappa shape index (κ2) is 9.30.